The van der Waals surface area contributed by atoms with Crippen LogP contribution >= 0.6 is 15.9 Å². The van der Waals surface area contributed by atoms with E-state index in [1.54, 1.807) is 0 Å². The number of nitro groups is 1. The molecule has 1 aromatic rings. The quantitative estimate of drug-likeness (QED) is 0.649. The molecule has 96 valence electrons. The van der Waals surface area contributed by atoms with E-state index in [1.807, 2.05) is 6.07 Å². The van der Waals surface area contributed by atoms with E-state index in [2.05, 4.69) is 26.6 Å². The van der Waals surface area contributed by atoms with E-state index in [9.17, 15) is 14.9 Å². The van der Waals surface area contributed by atoms with Crippen LogP contribution in [0.2, 0.25) is 0 Å². The number of carbonyl (C=O) groups excluding carboxylic acids is 1. The summed E-state index contributed by atoms with van der Waals surface area (Å²) in [5.41, 5.74) is 0.872. The molecule has 0 spiro atoms. The molecule has 1 amide bonds. The van der Waals surface area contributed by atoms with Crippen LogP contribution in [-0.2, 0) is 11.3 Å². The van der Waals surface area contributed by atoms with Gasteiger partial charge < -0.3 is 10.6 Å². The summed E-state index contributed by atoms with van der Waals surface area (Å²) in [5.74, 6) is 0.0349. The van der Waals surface area contributed by atoms with E-state index in [4.69, 9.17) is 0 Å². The Balaban J connectivity index is 2.00. The third-order valence-electron chi connectivity index (χ3n) is 2.73. The zero-order chi connectivity index (χ0) is 13.1. The van der Waals surface area contributed by atoms with Crippen molar-refractivity contribution in [3.63, 3.8) is 0 Å². The highest BCUT2D eigenvalue weighted by molar-refractivity contribution is 9.10. The van der Waals surface area contributed by atoms with Crippen LogP contribution in [0.15, 0.2) is 22.7 Å². The first-order valence-corrected chi connectivity index (χ1v) is 6.28. The van der Waals surface area contributed by atoms with Gasteiger partial charge >= 0.3 is 0 Å². The topological polar surface area (TPSA) is 84.3 Å². The van der Waals surface area contributed by atoms with Crippen molar-refractivity contribution in [1.82, 2.24) is 10.6 Å². The summed E-state index contributed by atoms with van der Waals surface area (Å²) >= 11 is 3.25. The molecule has 6 nitrogen and oxygen atoms in total. The molecule has 1 unspecified atom stereocenters. The van der Waals surface area contributed by atoms with Gasteiger partial charge in [0.1, 0.15) is 0 Å². The normalized spacial score (nSPS) is 18.7. The van der Waals surface area contributed by atoms with Crippen LogP contribution in [0.1, 0.15) is 12.0 Å². The first-order valence-electron chi connectivity index (χ1n) is 5.48. The van der Waals surface area contributed by atoms with Gasteiger partial charge in [0.15, 0.2) is 0 Å². The maximum absolute atomic E-state index is 11.0. The summed E-state index contributed by atoms with van der Waals surface area (Å²) in [6.07, 6.45) is 0.454. The Morgan fingerprint density at radius 2 is 2.28 bits per heavy atom. The number of amides is 1. The van der Waals surface area contributed by atoms with E-state index in [-0.39, 0.29) is 17.6 Å². The molecular weight excluding hydrogens is 302 g/mol. The molecule has 1 fully saturated rings. The summed E-state index contributed by atoms with van der Waals surface area (Å²) in [6.45, 7) is 1.11. The third-order valence-corrected chi connectivity index (χ3v) is 3.18. The Morgan fingerprint density at radius 1 is 1.50 bits per heavy atom. The van der Waals surface area contributed by atoms with Gasteiger partial charge in [-0.3, -0.25) is 14.9 Å². The van der Waals surface area contributed by atoms with E-state index in [0.717, 1.165) is 5.56 Å². The molecule has 1 aromatic carbocycles. The van der Waals surface area contributed by atoms with Crippen molar-refractivity contribution in [3.05, 3.63) is 38.3 Å². The van der Waals surface area contributed by atoms with Crippen molar-refractivity contribution < 1.29 is 9.72 Å². The molecule has 1 heterocycles. The van der Waals surface area contributed by atoms with Crippen LogP contribution in [0.25, 0.3) is 0 Å². The van der Waals surface area contributed by atoms with Gasteiger partial charge in [0.25, 0.3) is 5.69 Å². The Kier molecular flexibility index (Phi) is 3.93. The third kappa shape index (κ3) is 3.27. The molecule has 0 saturated carbocycles. The fraction of sp³-hybridized carbons (Fsp3) is 0.364. The van der Waals surface area contributed by atoms with E-state index in [1.165, 1.54) is 12.1 Å². The zero-order valence-corrected chi connectivity index (χ0v) is 11.1. The van der Waals surface area contributed by atoms with Crippen molar-refractivity contribution in [2.75, 3.05) is 6.54 Å². The number of nitro benzene ring substituents is 1. The van der Waals surface area contributed by atoms with Gasteiger partial charge in [-0.05, 0) is 11.6 Å². The summed E-state index contributed by atoms with van der Waals surface area (Å²) in [6, 6.07) is 4.91. The molecule has 1 aliphatic rings. The molecule has 2 N–H and O–H groups in total. The first-order chi connectivity index (χ1) is 8.54. The van der Waals surface area contributed by atoms with Gasteiger partial charge in [-0.2, -0.15) is 0 Å². The molecule has 2 rings (SSSR count). The summed E-state index contributed by atoms with van der Waals surface area (Å²) < 4.78 is 0.675. The maximum atomic E-state index is 11.0. The standard InChI is InChI=1S/C11H12BrN3O3/c12-8-1-7(2-10(3-8)15(17)18)5-13-9-4-11(16)14-6-9/h1-3,9,13H,4-6H2,(H,14,16). The lowest BCUT2D eigenvalue weighted by atomic mass is 10.2. The molecule has 0 radical (unpaired) electrons. The minimum absolute atomic E-state index is 0.0349. The average molecular weight is 314 g/mol. The Morgan fingerprint density at radius 3 is 2.89 bits per heavy atom. The van der Waals surface area contributed by atoms with Crippen LogP contribution in [0.3, 0.4) is 0 Å². The second-order valence-electron chi connectivity index (χ2n) is 4.16. The van der Waals surface area contributed by atoms with Gasteiger partial charge in [0.2, 0.25) is 5.91 Å². The molecular formula is C11H12BrN3O3. The SMILES string of the molecule is O=C1CC(NCc2cc(Br)cc([N+](=O)[O-])c2)CN1. The first kappa shape index (κ1) is 13.0. The number of nitrogens with one attached hydrogen (secondary N) is 2. The minimum atomic E-state index is -0.422. The number of halogens is 1. The number of nitrogens with zero attached hydrogens (tertiary/aromatic N) is 1. The lowest BCUT2D eigenvalue weighted by Crippen LogP contribution is -2.30. The van der Waals surface area contributed by atoms with Crippen LogP contribution in [0.5, 0.6) is 0 Å². The summed E-state index contributed by atoms with van der Waals surface area (Å²) in [4.78, 5) is 21.3. The number of hydrogen-bond acceptors (Lipinski definition) is 4. The monoisotopic (exact) mass is 313 g/mol. The van der Waals surface area contributed by atoms with Crippen molar-refractivity contribution >= 4 is 27.5 Å². The highest BCUT2D eigenvalue weighted by Crippen LogP contribution is 2.21. The molecule has 0 aliphatic carbocycles. The van der Waals surface area contributed by atoms with Gasteiger partial charge in [0.05, 0.1) is 4.92 Å². The number of rotatable bonds is 4. The lowest BCUT2D eigenvalue weighted by molar-refractivity contribution is -0.385. The molecule has 0 bridgehead atoms. The van der Waals surface area contributed by atoms with E-state index in [0.29, 0.717) is 24.0 Å². The fourth-order valence-electron chi connectivity index (χ4n) is 1.85. The molecule has 18 heavy (non-hydrogen) atoms. The average Bonchev–Trinajstić information content (AvgIpc) is 2.72. The summed E-state index contributed by atoms with van der Waals surface area (Å²) in [7, 11) is 0. The molecule has 0 aromatic heterocycles. The van der Waals surface area contributed by atoms with Crippen LogP contribution in [0, 0.1) is 10.1 Å². The van der Waals surface area contributed by atoms with Crippen molar-refractivity contribution in [2.24, 2.45) is 0 Å². The highest BCUT2D eigenvalue weighted by atomic mass is 79.9. The number of benzene rings is 1. The predicted molar refractivity (Wildman–Crippen MR) is 69.1 cm³/mol. The Labute approximate surface area is 112 Å². The summed E-state index contributed by atoms with van der Waals surface area (Å²) in [5, 5.41) is 16.6. The zero-order valence-electron chi connectivity index (χ0n) is 9.48. The van der Waals surface area contributed by atoms with Crippen LogP contribution < -0.4 is 10.6 Å². The molecule has 7 heteroatoms. The van der Waals surface area contributed by atoms with Crippen molar-refractivity contribution in [3.8, 4) is 0 Å². The Bertz CT molecular complexity index is 492. The fourth-order valence-corrected chi connectivity index (χ4v) is 2.38. The number of hydrogen-bond donors (Lipinski definition) is 2. The van der Waals surface area contributed by atoms with Crippen LogP contribution in [0.4, 0.5) is 5.69 Å². The number of non-ortho nitro benzene ring substituents is 1. The second kappa shape index (κ2) is 5.45. The second-order valence-corrected chi connectivity index (χ2v) is 5.08. The molecule has 1 atom stereocenters. The van der Waals surface area contributed by atoms with Crippen LogP contribution in [-0.4, -0.2) is 23.4 Å². The van der Waals surface area contributed by atoms with E-state index >= 15 is 0 Å². The van der Waals surface area contributed by atoms with Crippen molar-refractivity contribution in [1.29, 1.82) is 0 Å². The smallest absolute Gasteiger partial charge is 0.270 e. The van der Waals surface area contributed by atoms with Gasteiger partial charge in [0, 0.05) is 42.2 Å². The van der Waals surface area contributed by atoms with Crippen molar-refractivity contribution in [2.45, 2.75) is 19.0 Å². The molecule has 1 aliphatic heterocycles. The number of carbonyl (C=O) groups is 1. The van der Waals surface area contributed by atoms with Gasteiger partial charge in [-0.1, -0.05) is 15.9 Å². The predicted octanol–water partition coefficient (Wildman–Crippen LogP) is 1.34. The highest BCUT2D eigenvalue weighted by Gasteiger charge is 2.20. The molecule has 1 saturated heterocycles. The maximum Gasteiger partial charge on any atom is 0.270 e. The minimum Gasteiger partial charge on any atom is -0.354 e. The van der Waals surface area contributed by atoms with Gasteiger partial charge in [-0.15, -0.1) is 0 Å². The van der Waals surface area contributed by atoms with E-state index < -0.39 is 4.92 Å². The largest absolute Gasteiger partial charge is 0.354 e. The lowest BCUT2D eigenvalue weighted by Gasteiger charge is -2.10. The van der Waals surface area contributed by atoms with Gasteiger partial charge in [-0.25, -0.2) is 0 Å². The Hall–Kier alpha value is -1.47.